The van der Waals surface area contributed by atoms with E-state index >= 15 is 0 Å². The van der Waals surface area contributed by atoms with Gasteiger partial charge in [0.2, 0.25) is 5.91 Å². The molecule has 3 N–H and O–H groups in total. The Labute approximate surface area is 115 Å². The molecule has 1 aromatic rings. The van der Waals surface area contributed by atoms with Crippen molar-refractivity contribution in [1.82, 2.24) is 15.1 Å². The van der Waals surface area contributed by atoms with Crippen LogP contribution in [-0.2, 0) is 11.3 Å². The number of aryl methyl sites for hydroxylation is 2. The maximum atomic E-state index is 11.5. The van der Waals surface area contributed by atoms with Crippen molar-refractivity contribution in [2.24, 2.45) is 5.73 Å². The zero-order chi connectivity index (χ0) is 14.3. The lowest BCUT2D eigenvalue weighted by Gasteiger charge is -2.27. The zero-order valence-electron chi connectivity index (χ0n) is 12.3. The molecule has 0 aliphatic carbocycles. The van der Waals surface area contributed by atoms with Gasteiger partial charge in [0.25, 0.3) is 0 Å². The number of nitrogens with one attached hydrogen (secondary N) is 1. The van der Waals surface area contributed by atoms with E-state index in [0.717, 1.165) is 38.8 Å². The number of aromatic nitrogens is 2. The lowest BCUT2D eigenvalue weighted by atomic mass is 9.94. The molecule has 0 radical (unpaired) electrons. The van der Waals surface area contributed by atoms with Gasteiger partial charge in [-0.05, 0) is 51.6 Å². The first-order valence-corrected chi connectivity index (χ1v) is 7.02. The standard InChI is InChI=1S/C14H26N4O/c1-4-8-16-14(3,13(15)19)7-5-6-9-18-11-12(2)10-17-18/h10-11,16H,4-9H2,1-3H3,(H2,15,19). The molecule has 0 spiro atoms. The van der Waals surface area contributed by atoms with Crippen molar-refractivity contribution in [3.8, 4) is 0 Å². The van der Waals surface area contributed by atoms with Crippen molar-refractivity contribution in [1.29, 1.82) is 0 Å². The fourth-order valence-corrected chi connectivity index (χ4v) is 2.04. The maximum Gasteiger partial charge on any atom is 0.237 e. The third-order valence-corrected chi connectivity index (χ3v) is 3.39. The van der Waals surface area contributed by atoms with Crippen molar-refractivity contribution in [3.63, 3.8) is 0 Å². The molecule has 19 heavy (non-hydrogen) atoms. The van der Waals surface area contributed by atoms with Crippen LogP contribution >= 0.6 is 0 Å². The third-order valence-electron chi connectivity index (χ3n) is 3.39. The highest BCUT2D eigenvalue weighted by Crippen LogP contribution is 2.14. The van der Waals surface area contributed by atoms with Gasteiger partial charge < -0.3 is 11.1 Å². The molecule has 1 atom stereocenters. The summed E-state index contributed by atoms with van der Waals surface area (Å²) in [7, 11) is 0. The van der Waals surface area contributed by atoms with Crippen LogP contribution in [0.25, 0.3) is 0 Å². The number of rotatable bonds is 9. The molecule has 0 saturated carbocycles. The molecule has 0 saturated heterocycles. The van der Waals surface area contributed by atoms with E-state index in [1.54, 1.807) is 0 Å². The van der Waals surface area contributed by atoms with Gasteiger partial charge in [0.15, 0.2) is 0 Å². The summed E-state index contributed by atoms with van der Waals surface area (Å²) in [5.41, 5.74) is 6.07. The van der Waals surface area contributed by atoms with E-state index in [1.165, 1.54) is 5.56 Å². The summed E-state index contributed by atoms with van der Waals surface area (Å²) >= 11 is 0. The number of unbranched alkanes of at least 4 members (excludes halogenated alkanes) is 1. The molecule has 5 nitrogen and oxygen atoms in total. The van der Waals surface area contributed by atoms with Gasteiger partial charge in [0, 0.05) is 12.7 Å². The van der Waals surface area contributed by atoms with Crippen molar-refractivity contribution in [2.45, 2.75) is 58.5 Å². The molecule has 1 rings (SSSR count). The summed E-state index contributed by atoms with van der Waals surface area (Å²) in [6.45, 7) is 7.70. The number of hydrogen-bond donors (Lipinski definition) is 2. The minimum Gasteiger partial charge on any atom is -0.368 e. The number of hydrogen-bond acceptors (Lipinski definition) is 3. The average Bonchev–Trinajstić information content (AvgIpc) is 2.78. The first-order valence-electron chi connectivity index (χ1n) is 7.02. The van der Waals surface area contributed by atoms with Gasteiger partial charge in [0.05, 0.1) is 11.7 Å². The van der Waals surface area contributed by atoms with Crippen LogP contribution in [0, 0.1) is 6.92 Å². The van der Waals surface area contributed by atoms with E-state index in [9.17, 15) is 4.79 Å². The molecule has 0 aliphatic heterocycles. The van der Waals surface area contributed by atoms with Crippen LogP contribution in [0.2, 0.25) is 0 Å². The van der Waals surface area contributed by atoms with E-state index in [2.05, 4.69) is 17.3 Å². The van der Waals surface area contributed by atoms with Crippen LogP contribution in [-0.4, -0.2) is 27.8 Å². The number of nitrogens with zero attached hydrogens (tertiary/aromatic N) is 2. The molecule has 1 heterocycles. The lowest BCUT2D eigenvalue weighted by Crippen LogP contribution is -2.53. The van der Waals surface area contributed by atoms with E-state index in [4.69, 9.17) is 5.73 Å². The molecule has 5 heteroatoms. The van der Waals surface area contributed by atoms with Gasteiger partial charge in [-0.3, -0.25) is 9.48 Å². The minimum absolute atomic E-state index is 0.268. The lowest BCUT2D eigenvalue weighted by molar-refractivity contribution is -0.124. The highest BCUT2D eigenvalue weighted by Gasteiger charge is 2.29. The van der Waals surface area contributed by atoms with Crippen LogP contribution in [0.1, 0.15) is 45.1 Å². The SMILES string of the molecule is CCCNC(C)(CCCCn1cc(C)cn1)C(N)=O. The summed E-state index contributed by atoms with van der Waals surface area (Å²) in [6.07, 6.45) is 7.60. The second-order valence-corrected chi connectivity index (χ2v) is 5.36. The van der Waals surface area contributed by atoms with Crippen LogP contribution < -0.4 is 11.1 Å². The van der Waals surface area contributed by atoms with Crippen molar-refractivity contribution >= 4 is 5.91 Å². The van der Waals surface area contributed by atoms with Gasteiger partial charge in [-0.15, -0.1) is 0 Å². The summed E-state index contributed by atoms with van der Waals surface area (Å²) in [6, 6.07) is 0. The van der Waals surface area contributed by atoms with Crippen molar-refractivity contribution in [3.05, 3.63) is 18.0 Å². The Bertz CT molecular complexity index is 402. The van der Waals surface area contributed by atoms with Gasteiger partial charge in [-0.2, -0.15) is 5.10 Å². The molecule has 0 aromatic carbocycles. The zero-order valence-corrected chi connectivity index (χ0v) is 12.3. The topological polar surface area (TPSA) is 72.9 Å². The number of carbonyl (C=O) groups excluding carboxylic acids is 1. The molecule has 1 unspecified atom stereocenters. The predicted octanol–water partition coefficient (Wildman–Crippen LogP) is 1.61. The Balaban J connectivity index is 2.34. The number of primary amides is 1. The summed E-state index contributed by atoms with van der Waals surface area (Å²) < 4.78 is 1.94. The second kappa shape index (κ2) is 7.28. The Kier molecular flexibility index (Phi) is 6.02. The van der Waals surface area contributed by atoms with E-state index in [0.29, 0.717) is 0 Å². The summed E-state index contributed by atoms with van der Waals surface area (Å²) in [5, 5.41) is 7.49. The first-order chi connectivity index (χ1) is 8.98. The first kappa shape index (κ1) is 15.7. The average molecular weight is 266 g/mol. The van der Waals surface area contributed by atoms with Crippen molar-refractivity contribution < 1.29 is 4.79 Å². The highest BCUT2D eigenvalue weighted by atomic mass is 16.1. The monoisotopic (exact) mass is 266 g/mol. The van der Waals surface area contributed by atoms with Gasteiger partial charge in [-0.1, -0.05) is 6.92 Å². The van der Waals surface area contributed by atoms with E-state index in [-0.39, 0.29) is 5.91 Å². The molecule has 1 amide bonds. The minimum atomic E-state index is -0.587. The molecular weight excluding hydrogens is 240 g/mol. The second-order valence-electron chi connectivity index (χ2n) is 5.36. The molecule has 0 aliphatic rings. The molecule has 0 fully saturated rings. The smallest absolute Gasteiger partial charge is 0.237 e. The highest BCUT2D eigenvalue weighted by molar-refractivity contribution is 5.84. The molecule has 1 aromatic heterocycles. The number of nitrogens with two attached hydrogens (primary N) is 1. The Hall–Kier alpha value is -1.36. The molecular formula is C14H26N4O. The van der Waals surface area contributed by atoms with E-state index < -0.39 is 5.54 Å². The van der Waals surface area contributed by atoms with Gasteiger partial charge in [0.1, 0.15) is 0 Å². The number of carbonyl (C=O) groups is 1. The Morgan fingerprint density at radius 1 is 1.53 bits per heavy atom. The summed E-state index contributed by atoms with van der Waals surface area (Å²) in [4.78, 5) is 11.5. The maximum absolute atomic E-state index is 11.5. The van der Waals surface area contributed by atoms with Gasteiger partial charge >= 0.3 is 0 Å². The Morgan fingerprint density at radius 3 is 2.79 bits per heavy atom. The van der Waals surface area contributed by atoms with E-state index in [1.807, 2.05) is 30.9 Å². The number of amides is 1. The van der Waals surface area contributed by atoms with Gasteiger partial charge in [-0.25, -0.2) is 0 Å². The predicted molar refractivity (Wildman–Crippen MR) is 76.7 cm³/mol. The van der Waals surface area contributed by atoms with Crippen LogP contribution in [0.4, 0.5) is 0 Å². The normalized spacial score (nSPS) is 14.3. The summed E-state index contributed by atoms with van der Waals surface area (Å²) in [5.74, 6) is -0.268. The van der Waals surface area contributed by atoms with Crippen LogP contribution in [0.5, 0.6) is 0 Å². The van der Waals surface area contributed by atoms with Crippen molar-refractivity contribution in [2.75, 3.05) is 6.54 Å². The largest absolute Gasteiger partial charge is 0.368 e. The molecule has 108 valence electrons. The quantitative estimate of drug-likeness (QED) is 0.667. The fourth-order valence-electron chi connectivity index (χ4n) is 2.04. The Morgan fingerprint density at radius 2 is 2.26 bits per heavy atom. The van der Waals surface area contributed by atoms with Crippen LogP contribution in [0.15, 0.2) is 12.4 Å². The van der Waals surface area contributed by atoms with Crippen LogP contribution in [0.3, 0.4) is 0 Å². The fraction of sp³-hybridized carbons (Fsp3) is 0.714. The third kappa shape index (κ3) is 5.03. The molecule has 0 bridgehead atoms.